The van der Waals surface area contributed by atoms with Gasteiger partial charge in [-0.3, -0.25) is 4.79 Å². The second-order valence-corrected chi connectivity index (χ2v) is 6.80. The molecule has 3 rings (SSSR count). The van der Waals surface area contributed by atoms with Crippen molar-refractivity contribution >= 4 is 16.9 Å². The van der Waals surface area contributed by atoms with E-state index < -0.39 is 6.36 Å². The average molecular weight is 445 g/mol. The molecule has 0 radical (unpaired) electrons. The predicted molar refractivity (Wildman–Crippen MR) is 113 cm³/mol. The summed E-state index contributed by atoms with van der Waals surface area (Å²) in [5, 5.41) is 0.854. The number of halogens is 3. The van der Waals surface area contributed by atoms with Crippen molar-refractivity contribution in [3.63, 3.8) is 0 Å². The van der Waals surface area contributed by atoms with Crippen LogP contribution in [0.1, 0.15) is 30.9 Å². The fourth-order valence-corrected chi connectivity index (χ4v) is 3.09. The van der Waals surface area contributed by atoms with Crippen LogP contribution in [-0.2, 0) is 16.0 Å². The van der Waals surface area contributed by atoms with Crippen molar-refractivity contribution in [1.29, 1.82) is 0 Å². The summed E-state index contributed by atoms with van der Waals surface area (Å²) in [6.45, 7) is 2.52. The van der Waals surface area contributed by atoms with Gasteiger partial charge in [0.25, 0.3) is 0 Å². The Morgan fingerprint density at radius 3 is 2.62 bits per heavy atom. The molecule has 1 heterocycles. The van der Waals surface area contributed by atoms with Crippen LogP contribution in [0, 0.1) is 11.8 Å². The summed E-state index contributed by atoms with van der Waals surface area (Å²) >= 11 is 0. The van der Waals surface area contributed by atoms with E-state index in [-0.39, 0.29) is 18.1 Å². The molecular weight excluding hydrogens is 423 g/mol. The lowest BCUT2D eigenvalue weighted by molar-refractivity contribution is -0.274. The van der Waals surface area contributed by atoms with Crippen molar-refractivity contribution in [1.82, 2.24) is 4.98 Å². The molecule has 0 unspecified atom stereocenters. The van der Waals surface area contributed by atoms with E-state index in [2.05, 4.69) is 21.6 Å². The number of rotatable bonds is 8. The van der Waals surface area contributed by atoms with Crippen LogP contribution in [0.5, 0.6) is 11.5 Å². The first-order valence-electron chi connectivity index (χ1n) is 10.1. The minimum absolute atomic E-state index is 0.159. The van der Waals surface area contributed by atoms with E-state index in [9.17, 15) is 18.0 Å². The number of nitrogens with one attached hydrogen (secondary N) is 1. The lowest BCUT2D eigenvalue weighted by Gasteiger charge is -2.08. The molecule has 0 amide bonds. The number of carbonyl (C=O) groups is 1. The standard InChI is InChI=1S/C24H22F3NO4/c1-2-30-22(29)15-18-16-28-20-8-6-9-21(23(18)20)31-14-5-3-4-7-17-10-12-19(13-11-17)32-24(25,26)27/h6,8-13,16,28H,2-3,5,14-15H2,1H3. The topological polar surface area (TPSA) is 60.6 Å². The van der Waals surface area contributed by atoms with Gasteiger partial charge in [-0.05, 0) is 55.3 Å². The van der Waals surface area contributed by atoms with Gasteiger partial charge in [-0.2, -0.15) is 0 Å². The highest BCUT2D eigenvalue weighted by atomic mass is 19.4. The predicted octanol–water partition coefficient (Wildman–Crippen LogP) is 5.38. The quantitative estimate of drug-likeness (QED) is 0.287. The fraction of sp³-hybridized carbons (Fsp3) is 0.292. The number of unbranched alkanes of at least 4 members (excludes halogenated alkanes) is 1. The van der Waals surface area contributed by atoms with E-state index in [0.717, 1.165) is 16.5 Å². The minimum atomic E-state index is -4.71. The van der Waals surface area contributed by atoms with Crippen LogP contribution < -0.4 is 9.47 Å². The van der Waals surface area contributed by atoms with E-state index in [1.54, 1.807) is 13.1 Å². The number of ether oxygens (including phenoxy) is 3. The van der Waals surface area contributed by atoms with E-state index in [1.165, 1.54) is 24.3 Å². The zero-order valence-electron chi connectivity index (χ0n) is 17.4. The number of benzene rings is 2. The number of carbonyl (C=O) groups excluding carboxylic acids is 1. The van der Waals surface area contributed by atoms with Gasteiger partial charge in [0.05, 0.1) is 19.6 Å². The van der Waals surface area contributed by atoms with Crippen LogP contribution in [0.15, 0.2) is 48.7 Å². The van der Waals surface area contributed by atoms with Crippen LogP contribution >= 0.6 is 0 Å². The number of hydrogen-bond acceptors (Lipinski definition) is 4. The number of H-pyrrole nitrogens is 1. The smallest absolute Gasteiger partial charge is 0.493 e. The molecule has 0 aliphatic heterocycles. The largest absolute Gasteiger partial charge is 0.573 e. The maximum atomic E-state index is 12.2. The molecule has 32 heavy (non-hydrogen) atoms. The molecule has 1 aromatic heterocycles. The molecule has 3 aromatic rings. The van der Waals surface area contributed by atoms with Crippen molar-refractivity contribution in [2.24, 2.45) is 0 Å². The first kappa shape index (κ1) is 23.1. The molecule has 0 spiro atoms. The molecule has 5 nitrogen and oxygen atoms in total. The summed E-state index contributed by atoms with van der Waals surface area (Å²) < 4.78 is 51.3. The van der Waals surface area contributed by atoms with Gasteiger partial charge >= 0.3 is 12.3 Å². The maximum absolute atomic E-state index is 12.2. The van der Waals surface area contributed by atoms with Crippen LogP contribution in [0.4, 0.5) is 13.2 Å². The van der Waals surface area contributed by atoms with Crippen molar-refractivity contribution in [2.75, 3.05) is 13.2 Å². The lowest BCUT2D eigenvalue weighted by Crippen LogP contribution is -2.16. The molecular formula is C24H22F3NO4. The van der Waals surface area contributed by atoms with Crippen LogP contribution in [0.2, 0.25) is 0 Å². The third-order valence-corrected chi connectivity index (χ3v) is 4.41. The number of alkyl halides is 3. The molecule has 0 aliphatic carbocycles. The van der Waals surface area contributed by atoms with Crippen molar-refractivity contribution in [3.8, 4) is 23.3 Å². The Morgan fingerprint density at radius 2 is 1.91 bits per heavy atom. The first-order valence-corrected chi connectivity index (χ1v) is 10.1. The Kier molecular flexibility index (Phi) is 7.66. The second-order valence-electron chi connectivity index (χ2n) is 6.80. The maximum Gasteiger partial charge on any atom is 0.573 e. The molecule has 0 fully saturated rings. The van der Waals surface area contributed by atoms with Gasteiger partial charge in [0.2, 0.25) is 0 Å². The van der Waals surface area contributed by atoms with Crippen LogP contribution in [0.3, 0.4) is 0 Å². The van der Waals surface area contributed by atoms with Crippen molar-refractivity contribution in [3.05, 3.63) is 59.8 Å². The van der Waals surface area contributed by atoms with Gasteiger partial charge in [0.1, 0.15) is 11.5 Å². The number of fused-ring (bicyclic) bond motifs is 1. The van der Waals surface area contributed by atoms with Gasteiger partial charge in [0, 0.05) is 29.1 Å². The third-order valence-electron chi connectivity index (χ3n) is 4.41. The van der Waals surface area contributed by atoms with E-state index in [1.807, 2.05) is 18.2 Å². The van der Waals surface area contributed by atoms with Gasteiger partial charge in [-0.25, -0.2) is 0 Å². The van der Waals surface area contributed by atoms with Crippen LogP contribution in [0.25, 0.3) is 10.9 Å². The summed E-state index contributed by atoms with van der Waals surface area (Å²) in [6, 6.07) is 11.0. The normalized spacial score (nSPS) is 11.0. The minimum Gasteiger partial charge on any atom is -0.493 e. The highest BCUT2D eigenvalue weighted by molar-refractivity contribution is 5.92. The highest BCUT2D eigenvalue weighted by Crippen LogP contribution is 2.29. The summed E-state index contributed by atoms with van der Waals surface area (Å²) in [6.07, 6.45) is -1.55. The van der Waals surface area contributed by atoms with E-state index in [4.69, 9.17) is 9.47 Å². The molecule has 2 aromatic carbocycles. The Hall–Kier alpha value is -3.60. The Balaban J connectivity index is 1.52. The number of aromatic amines is 1. The third kappa shape index (κ3) is 6.71. The van der Waals surface area contributed by atoms with Crippen molar-refractivity contribution < 1.29 is 32.2 Å². The highest BCUT2D eigenvalue weighted by Gasteiger charge is 2.30. The van der Waals surface area contributed by atoms with Crippen LogP contribution in [-0.4, -0.2) is 30.5 Å². The van der Waals surface area contributed by atoms with E-state index in [0.29, 0.717) is 37.4 Å². The van der Waals surface area contributed by atoms with Crippen molar-refractivity contribution in [2.45, 2.75) is 32.5 Å². The molecule has 0 atom stereocenters. The SMILES string of the molecule is CCOC(=O)Cc1c[nH]c2cccc(OCCCC#Cc3ccc(OC(F)(F)F)cc3)c12. The average Bonchev–Trinajstić information content (AvgIpc) is 3.14. The molecule has 168 valence electrons. The summed E-state index contributed by atoms with van der Waals surface area (Å²) in [5.41, 5.74) is 2.28. The summed E-state index contributed by atoms with van der Waals surface area (Å²) in [7, 11) is 0. The lowest BCUT2D eigenvalue weighted by atomic mass is 10.1. The number of esters is 1. The fourth-order valence-electron chi connectivity index (χ4n) is 3.09. The number of hydrogen-bond donors (Lipinski definition) is 1. The Morgan fingerprint density at radius 1 is 1.12 bits per heavy atom. The van der Waals surface area contributed by atoms with E-state index >= 15 is 0 Å². The zero-order valence-corrected chi connectivity index (χ0v) is 17.4. The molecule has 0 saturated heterocycles. The monoisotopic (exact) mass is 445 g/mol. The Labute approximate surface area is 183 Å². The Bertz CT molecular complexity index is 1110. The van der Waals surface area contributed by atoms with Gasteiger partial charge in [0.15, 0.2) is 0 Å². The summed E-state index contributed by atoms with van der Waals surface area (Å²) in [5.74, 6) is 5.98. The molecule has 0 bridgehead atoms. The first-order chi connectivity index (χ1) is 15.4. The molecule has 0 saturated carbocycles. The zero-order chi connectivity index (χ0) is 23.0. The van der Waals surface area contributed by atoms with Gasteiger partial charge < -0.3 is 19.2 Å². The second kappa shape index (κ2) is 10.6. The molecule has 1 N–H and O–H groups in total. The van der Waals surface area contributed by atoms with Gasteiger partial charge in [-0.15, -0.1) is 13.2 Å². The molecule has 0 aliphatic rings. The molecule has 8 heteroatoms. The number of aromatic nitrogens is 1. The summed E-state index contributed by atoms with van der Waals surface area (Å²) in [4.78, 5) is 15.0. The van der Waals surface area contributed by atoms with Gasteiger partial charge in [-0.1, -0.05) is 17.9 Å².